The molecule has 2 unspecified atom stereocenters. The van der Waals surface area contributed by atoms with Crippen molar-refractivity contribution in [2.45, 2.75) is 38.0 Å². The van der Waals surface area contributed by atoms with Crippen LogP contribution in [0.2, 0.25) is 0 Å². The van der Waals surface area contributed by atoms with Crippen molar-refractivity contribution in [3.63, 3.8) is 0 Å². The molecule has 28 heavy (non-hydrogen) atoms. The van der Waals surface area contributed by atoms with Gasteiger partial charge >= 0.3 is 6.09 Å². The topological polar surface area (TPSA) is 100 Å². The number of para-hydroxylation sites is 1. The Morgan fingerprint density at radius 2 is 1.86 bits per heavy atom. The van der Waals surface area contributed by atoms with Crippen LogP contribution in [0.25, 0.3) is 10.9 Å². The van der Waals surface area contributed by atoms with E-state index in [1.807, 2.05) is 74.6 Å². The van der Waals surface area contributed by atoms with Crippen molar-refractivity contribution in [3.8, 4) is 0 Å². The summed E-state index contributed by atoms with van der Waals surface area (Å²) in [6.45, 7) is 3.45. The van der Waals surface area contributed by atoms with Gasteiger partial charge in [0.05, 0.1) is 18.2 Å². The number of aromatic nitrogens is 1. The zero-order valence-corrected chi connectivity index (χ0v) is 16.2. The molecule has 1 amide bonds. The first-order valence-corrected chi connectivity index (χ1v) is 9.36. The highest BCUT2D eigenvalue weighted by molar-refractivity contribution is 5.83. The lowest BCUT2D eigenvalue weighted by atomic mass is 9.89. The SMILES string of the molecule is CC(C)(NC(=O)OC(CO)Cc1ccccc1)C(N)c1c[nH]c2ccccc12. The van der Waals surface area contributed by atoms with Crippen LogP contribution in [0.3, 0.4) is 0 Å². The van der Waals surface area contributed by atoms with E-state index in [9.17, 15) is 9.90 Å². The van der Waals surface area contributed by atoms with E-state index in [2.05, 4.69) is 10.3 Å². The van der Waals surface area contributed by atoms with Crippen LogP contribution in [0.4, 0.5) is 4.79 Å². The van der Waals surface area contributed by atoms with Gasteiger partial charge in [-0.15, -0.1) is 0 Å². The number of aliphatic hydroxyl groups excluding tert-OH is 1. The minimum Gasteiger partial charge on any atom is -0.443 e. The molecule has 0 radical (unpaired) electrons. The molecule has 5 N–H and O–H groups in total. The Kier molecular flexibility index (Phi) is 6.02. The van der Waals surface area contributed by atoms with Crippen molar-refractivity contribution >= 4 is 17.0 Å². The van der Waals surface area contributed by atoms with Crippen LogP contribution < -0.4 is 11.1 Å². The molecule has 0 aliphatic rings. The third-order valence-electron chi connectivity index (χ3n) is 4.94. The van der Waals surface area contributed by atoms with Crippen molar-refractivity contribution in [1.82, 2.24) is 10.3 Å². The van der Waals surface area contributed by atoms with Crippen molar-refractivity contribution in [1.29, 1.82) is 0 Å². The van der Waals surface area contributed by atoms with E-state index in [1.54, 1.807) is 0 Å². The molecule has 0 saturated heterocycles. The molecule has 0 fully saturated rings. The van der Waals surface area contributed by atoms with Gasteiger partial charge in [0.1, 0.15) is 6.10 Å². The van der Waals surface area contributed by atoms with Gasteiger partial charge in [0, 0.05) is 23.5 Å². The number of nitrogens with one attached hydrogen (secondary N) is 2. The summed E-state index contributed by atoms with van der Waals surface area (Å²) in [5, 5.41) is 13.5. The zero-order chi connectivity index (χ0) is 20.1. The molecule has 3 rings (SSSR count). The van der Waals surface area contributed by atoms with Crippen molar-refractivity contribution in [2.24, 2.45) is 5.73 Å². The summed E-state index contributed by atoms with van der Waals surface area (Å²) < 4.78 is 5.43. The lowest BCUT2D eigenvalue weighted by Gasteiger charge is -2.32. The maximum Gasteiger partial charge on any atom is 0.407 e. The van der Waals surface area contributed by atoms with E-state index in [0.29, 0.717) is 6.42 Å². The molecule has 148 valence electrons. The van der Waals surface area contributed by atoms with E-state index in [1.165, 1.54) is 0 Å². The van der Waals surface area contributed by atoms with Gasteiger partial charge in [0.15, 0.2) is 0 Å². The van der Waals surface area contributed by atoms with Gasteiger partial charge in [0.25, 0.3) is 0 Å². The van der Waals surface area contributed by atoms with Gasteiger partial charge in [-0.3, -0.25) is 0 Å². The third-order valence-corrected chi connectivity index (χ3v) is 4.94. The predicted molar refractivity (Wildman–Crippen MR) is 110 cm³/mol. The Labute approximate surface area is 164 Å². The summed E-state index contributed by atoms with van der Waals surface area (Å²) in [6, 6.07) is 17.0. The predicted octanol–water partition coefficient (Wildman–Crippen LogP) is 3.28. The second kappa shape index (κ2) is 8.46. The number of nitrogens with two attached hydrogens (primary N) is 1. The van der Waals surface area contributed by atoms with Crippen LogP contribution in [0.5, 0.6) is 0 Å². The molecule has 0 spiro atoms. The summed E-state index contributed by atoms with van der Waals surface area (Å²) in [6.07, 6.45) is 1.09. The molecule has 1 heterocycles. The largest absolute Gasteiger partial charge is 0.443 e. The average molecular weight is 381 g/mol. The fraction of sp³-hybridized carbons (Fsp3) is 0.318. The number of carbonyl (C=O) groups excluding carboxylic acids is 1. The van der Waals surface area contributed by atoms with Gasteiger partial charge in [-0.05, 0) is 31.0 Å². The second-order valence-electron chi connectivity index (χ2n) is 7.51. The molecule has 2 aromatic carbocycles. The van der Waals surface area contributed by atoms with Gasteiger partial charge in [-0.2, -0.15) is 0 Å². The monoisotopic (exact) mass is 381 g/mol. The molecule has 0 aliphatic heterocycles. The number of hydrogen-bond acceptors (Lipinski definition) is 4. The molecule has 3 aromatic rings. The van der Waals surface area contributed by atoms with Crippen LogP contribution in [-0.2, 0) is 11.2 Å². The molecule has 0 aliphatic carbocycles. The highest BCUT2D eigenvalue weighted by Gasteiger charge is 2.32. The Morgan fingerprint density at radius 3 is 2.57 bits per heavy atom. The number of aliphatic hydroxyl groups is 1. The Bertz CT molecular complexity index is 921. The lowest BCUT2D eigenvalue weighted by Crippen LogP contribution is -2.51. The van der Waals surface area contributed by atoms with Crippen LogP contribution >= 0.6 is 0 Å². The standard InChI is InChI=1S/C22H27N3O3/c1-22(2,20(23)18-13-24-19-11-7-6-10-17(18)19)25-21(27)28-16(14-26)12-15-8-4-3-5-9-15/h3-11,13,16,20,24,26H,12,14,23H2,1-2H3,(H,25,27). The second-order valence-corrected chi connectivity index (χ2v) is 7.51. The van der Waals surface area contributed by atoms with Crippen LogP contribution in [-0.4, -0.2) is 34.4 Å². The normalized spacial score (nSPS) is 13.9. The van der Waals surface area contributed by atoms with E-state index in [4.69, 9.17) is 10.5 Å². The van der Waals surface area contributed by atoms with Crippen molar-refractivity contribution in [2.75, 3.05) is 6.61 Å². The van der Waals surface area contributed by atoms with Gasteiger partial charge < -0.3 is 25.9 Å². The van der Waals surface area contributed by atoms with E-state index >= 15 is 0 Å². The molecule has 0 saturated carbocycles. The summed E-state index contributed by atoms with van der Waals surface area (Å²) in [7, 11) is 0. The van der Waals surface area contributed by atoms with Crippen molar-refractivity contribution in [3.05, 3.63) is 71.9 Å². The number of ether oxygens (including phenoxy) is 1. The number of fused-ring (bicyclic) bond motifs is 1. The number of H-pyrrole nitrogens is 1. The number of amides is 1. The lowest BCUT2D eigenvalue weighted by molar-refractivity contribution is 0.0518. The minimum atomic E-state index is -0.755. The molecule has 0 bridgehead atoms. The van der Waals surface area contributed by atoms with Crippen molar-refractivity contribution < 1.29 is 14.6 Å². The maximum absolute atomic E-state index is 12.4. The first-order chi connectivity index (χ1) is 13.4. The van der Waals surface area contributed by atoms with E-state index < -0.39 is 23.8 Å². The fourth-order valence-corrected chi connectivity index (χ4v) is 3.28. The fourth-order valence-electron chi connectivity index (χ4n) is 3.28. The quantitative estimate of drug-likeness (QED) is 0.505. The number of alkyl carbamates (subject to hydrolysis) is 1. The van der Waals surface area contributed by atoms with Gasteiger partial charge in [-0.1, -0.05) is 48.5 Å². The van der Waals surface area contributed by atoms with Gasteiger partial charge in [0.2, 0.25) is 0 Å². The third kappa shape index (κ3) is 4.52. The van der Waals surface area contributed by atoms with E-state index in [0.717, 1.165) is 22.0 Å². The number of hydrogen-bond donors (Lipinski definition) is 4. The maximum atomic E-state index is 12.4. The average Bonchev–Trinajstić information content (AvgIpc) is 3.11. The smallest absolute Gasteiger partial charge is 0.407 e. The Balaban J connectivity index is 1.66. The molecular weight excluding hydrogens is 354 g/mol. The Hall–Kier alpha value is -2.83. The molecule has 2 atom stereocenters. The first-order valence-electron chi connectivity index (χ1n) is 9.36. The van der Waals surface area contributed by atoms with Crippen LogP contribution in [0, 0.1) is 0 Å². The number of rotatable bonds is 7. The van der Waals surface area contributed by atoms with Crippen LogP contribution in [0.15, 0.2) is 60.8 Å². The van der Waals surface area contributed by atoms with Gasteiger partial charge in [-0.25, -0.2) is 4.79 Å². The summed E-state index contributed by atoms with van der Waals surface area (Å²) in [5.74, 6) is 0. The highest BCUT2D eigenvalue weighted by atomic mass is 16.6. The minimum absolute atomic E-state index is 0.253. The summed E-state index contributed by atoms with van der Waals surface area (Å²) in [4.78, 5) is 15.7. The summed E-state index contributed by atoms with van der Waals surface area (Å²) in [5.41, 5.74) is 8.63. The molecule has 6 nitrogen and oxygen atoms in total. The van der Waals surface area contributed by atoms with Crippen LogP contribution in [0.1, 0.15) is 31.0 Å². The number of benzene rings is 2. The summed E-state index contributed by atoms with van der Waals surface area (Å²) >= 11 is 0. The molecular formula is C22H27N3O3. The first kappa shape index (κ1) is 19.9. The zero-order valence-electron chi connectivity index (χ0n) is 16.2. The number of aromatic amines is 1. The number of carbonyl (C=O) groups is 1. The highest BCUT2D eigenvalue weighted by Crippen LogP contribution is 2.29. The van der Waals surface area contributed by atoms with E-state index in [-0.39, 0.29) is 6.61 Å². The molecule has 1 aromatic heterocycles. The Morgan fingerprint density at radius 1 is 1.18 bits per heavy atom. The molecule has 6 heteroatoms.